The van der Waals surface area contributed by atoms with E-state index in [4.69, 9.17) is 4.42 Å². The molecule has 5 rings (SSSR count). The molecule has 0 aliphatic carbocycles. The minimum Gasteiger partial charge on any atom is -0.436 e. The largest absolute Gasteiger partial charge is 0.436 e. The molecule has 0 radical (unpaired) electrons. The van der Waals surface area contributed by atoms with Gasteiger partial charge in [0.2, 0.25) is 11.8 Å². The first-order valence-electron chi connectivity index (χ1n) is 13.1. The molecule has 1 fully saturated rings. The molecule has 37 heavy (non-hydrogen) atoms. The Kier molecular flexibility index (Phi) is 7.64. The van der Waals surface area contributed by atoms with Crippen LogP contribution < -0.4 is 5.32 Å². The third-order valence-corrected chi connectivity index (χ3v) is 7.15. The molecule has 2 amide bonds. The average Bonchev–Trinajstić information content (AvgIpc) is 3.37. The van der Waals surface area contributed by atoms with Gasteiger partial charge in [0.05, 0.1) is 0 Å². The lowest BCUT2D eigenvalue weighted by atomic mass is 9.92. The number of carbonyl (C=O) groups excluding carboxylic acids is 2. The van der Waals surface area contributed by atoms with Crippen molar-refractivity contribution in [3.63, 3.8) is 0 Å². The van der Waals surface area contributed by atoms with Gasteiger partial charge < -0.3 is 14.6 Å². The van der Waals surface area contributed by atoms with Gasteiger partial charge in [0.15, 0.2) is 5.58 Å². The highest BCUT2D eigenvalue weighted by molar-refractivity contribution is 5.97. The second kappa shape index (κ2) is 11.4. The predicted molar refractivity (Wildman–Crippen MR) is 145 cm³/mol. The fourth-order valence-corrected chi connectivity index (χ4v) is 4.98. The number of aryl methyl sites for hydroxylation is 1. The molecule has 4 aromatic rings. The van der Waals surface area contributed by atoms with E-state index in [-0.39, 0.29) is 17.9 Å². The molecular weight excluding hydrogens is 462 g/mol. The fourth-order valence-electron chi connectivity index (χ4n) is 4.98. The summed E-state index contributed by atoms with van der Waals surface area (Å²) in [5.41, 5.74) is 4.16. The number of hydrogen-bond acceptors (Lipinski definition) is 4. The van der Waals surface area contributed by atoms with Crippen LogP contribution in [0.1, 0.15) is 48.5 Å². The molecule has 2 heterocycles. The third kappa shape index (κ3) is 6.26. The van der Waals surface area contributed by atoms with E-state index in [1.807, 2.05) is 65.6 Å². The van der Waals surface area contributed by atoms with Crippen LogP contribution in [-0.4, -0.2) is 40.8 Å². The van der Waals surface area contributed by atoms with Crippen molar-refractivity contribution in [3.8, 4) is 11.5 Å². The molecule has 6 nitrogen and oxygen atoms in total. The molecule has 1 N–H and O–H groups in total. The van der Waals surface area contributed by atoms with Gasteiger partial charge in [-0.2, -0.15) is 0 Å². The van der Waals surface area contributed by atoms with E-state index in [2.05, 4.69) is 29.4 Å². The normalized spacial score (nSPS) is 15.0. The van der Waals surface area contributed by atoms with Gasteiger partial charge in [0.25, 0.3) is 5.91 Å². The van der Waals surface area contributed by atoms with Crippen molar-refractivity contribution in [2.45, 2.75) is 45.1 Å². The molecule has 6 heteroatoms. The molecule has 1 unspecified atom stereocenters. The lowest BCUT2D eigenvalue weighted by molar-refractivity contribution is -0.122. The van der Waals surface area contributed by atoms with Gasteiger partial charge in [-0.3, -0.25) is 9.59 Å². The number of likely N-dealkylation sites (tertiary alicyclic amines) is 1. The zero-order chi connectivity index (χ0) is 25.6. The molecule has 190 valence electrons. The summed E-state index contributed by atoms with van der Waals surface area (Å²) in [7, 11) is 0. The van der Waals surface area contributed by atoms with E-state index < -0.39 is 0 Å². The third-order valence-electron chi connectivity index (χ3n) is 7.15. The number of oxazole rings is 1. The van der Waals surface area contributed by atoms with Crippen LogP contribution in [0.4, 0.5) is 0 Å². The first kappa shape index (κ1) is 24.8. The van der Waals surface area contributed by atoms with Crippen LogP contribution in [0.3, 0.4) is 0 Å². The Morgan fingerprint density at radius 2 is 1.70 bits per heavy atom. The number of benzene rings is 3. The monoisotopic (exact) mass is 495 g/mol. The maximum Gasteiger partial charge on any atom is 0.253 e. The molecule has 1 atom stereocenters. The Morgan fingerprint density at radius 1 is 1.00 bits per heavy atom. The summed E-state index contributed by atoms with van der Waals surface area (Å²) in [6, 6.07) is 25.7. The van der Waals surface area contributed by atoms with Gasteiger partial charge in [-0.15, -0.1) is 0 Å². The Labute approximate surface area is 217 Å². The van der Waals surface area contributed by atoms with Crippen molar-refractivity contribution in [3.05, 3.63) is 90.0 Å². The van der Waals surface area contributed by atoms with Crippen molar-refractivity contribution in [1.29, 1.82) is 0 Å². The Bertz CT molecular complexity index is 1340. The zero-order valence-electron chi connectivity index (χ0n) is 21.2. The first-order chi connectivity index (χ1) is 18.0. The number of nitrogens with one attached hydrogen (secondary N) is 1. The summed E-state index contributed by atoms with van der Waals surface area (Å²) >= 11 is 0. The van der Waals surface area contributed by atoms with Gasteiger partial charge in [0, 0.05) is 36.7 Å². The highest BCUT2D eigenvalue weighted by atomic mass is 16.3. The summed E-state index contributed by atoms with van der Waals surface area (Å²) < 4.78 is 5.88. The first-order valence-corrected chi connectivity index (χ1v) is 13.1. The fraction of sp³-hybridized carbons (Fsp3) is 0.323. The van der Waals surface area contributed by atoms with Gasteiger partial charge in [-0.1, -0.05) is 48.5 Å². The number of piperidine rings is 1. The van der Waals surface area contributed by atoms with Crippen LogP contribution >= 0.6 is 0 Å². The quantitative estimate of drug-likeness (QED) is 0.331. The summed E-state index contributed by atoms with van der Waals surface area (Å²) in [5, 5.41) is 3.15. The molecular formula is C31H33N3O3. The standard InChI is InChI=1S/C31H33N3O3/c1-22(12-13-23-8-4-2-5-9-23)32-29(35)20-24-16-18-34(19-17-24)31(36)26-14-15-28-27(21-26)33-30(37-28)25-10-6-3-7-11-25/h2-11,14-15,21-22,24H,12-13,16-20H2,1H3,(H,32,35). The van der Waals surface area contributed by atoms with Crippen LogP contribution in [-0.2, 0) is 11.2 Å². The summed E-state index contributed by atoms with van der Waals surface area (Å²) in [6.07, 6.45) is 4.07. The van der Waals surface area contributed by atoms with Crippen LogP contribution in [0.2, 0.25) is 0 Å². The van der Waals surface area contributed by atoms with Gasteiger partial charge in [-0.25, -0.2) is 4.98 Å². The van der Waals surface area contributed by atoms with Crippen LogP contribution in [0, 0.1) is 5.92 Å². The van der Waals surface area contributed by atoms with E-state index in [9.17, 15) is 9.59 Å². The number of rotatable bonds is 8. The molecule has 1 aliphatic heterocycles. The number of nitrogens with zero attached hydrogens (tertiary/aromatic N) is 2. The maximum atomic E-state index is 13.2. The molecule has 1 aliphatic rings. The Morgan fingerprint density at radius 3 is 2.43 bits per heavy atom. The lowest BCUT2D eigenvalue weighted by Gasteiger charge is -2.32. The molecule has 0 spiro atoms. The van der Waals surface area contributed by atoms with Crippen molar-refractivity contribution < 1.29 is 14.0 Å². The topological polar surface area (TPSA) is 75.4 Å². The molecule has 0 saturated carbocycles. The van der Waals surface area contributed by atoms with E-state index in [0.29, 0.717) is 48.0 Å². The van der Waals surface area contributed by atoms with E-state index in [1.165, 1.54) is 5.56 Å². The number of carbonyl (C=O) groups is 2. The smallest absolute Gasteiger partial charge is 0.253 e. The Balaban J connectivity index is 1.10. The van der Waals surface area contributed by atoms with Crippen molar-refractivity contribution >= 4 is 22.9 Å². The van der Waals surface area contributed by atoms with Gasteiger partial charge >= 0.3 is 0 Å². The minimum absolute atomic E-state index is 0.00333. The molecule has 0 bridgehead atoms. The summed E-state index contributed by atoms with van der Waals surface area (Å²) in [6.45, 7) is 3.38. The molecule has 3 aromatic carbocycles. The second-order valence-electron chi connectivity index (χ2n) is 10.0. The second-order valence-corrected chi connectivity index (χ2v) is 10.0. The van der Waals surface area contributed by atoms with Crippen molar-refractivity contribution in [2.24, 2.45) is 5.92 Å². The number of aromatic nitrogens is 1. The number of fused-ring (bicyclic) bond motifs is 1. The maximum absolute atomic E-state index is 13.2. The van der Waals surface area contributed by atoms with Crippen LogP contribution in [0.5, 0.6) is 0 Å². The molecule has 1 aromatic heterocycles. The van der Waals surface area contributed by atoms with Gasteiger partial charge in [0.1, 0.15) is 5.52 Å². The summed E-state index contributed by atoms with van der Waals surface area (Å²) in [5.74, 6) is 0.963. The SMILES string of the molecule is CC(CCc1ccccc1)NC(=O)CC1CCN(C(=O)c2ccc3oc(-c4ccccc4)nc3c2)CC1. The van der Waals surface area contributed by atoms with Crippen LogP contribution in [0.25, 0.3) is 22.6 Å². The zero-order valence-corrected chi connectivity index (χ0v) is 21.2. The minimum atomic E-state index is 0.00333. The highest BCUT2D eigenvalue weighted by Gasteiger charge is 2.26. The van der Waals surface area contributed by atoms with Gasteiger partial charge in [-0.05, 0) is 74.4 Å². The summed E-state index contributed by atoms with van der Waals surface area (Å²) in [4.78, 5) is 32.2. The number of hydrogen-bond donors (Lipinski definition) is 1. The van der Waals surface area contributed by atoms with Crippen molar-refractivity contribution in [1.82, 2.24) is 15.2 Å². The highest BCUT2D eigenvalue weighted by Crippen LogP contribution is 2.26. The number of amides is 2. The van der Waals surface area contributed by atoms with Crippen molar-refractivity contribution in [2.75, 3.05) is 13.1 Å². The Hall–Kier alpha value is -3.93. The lowest BCUT2D eigenvalue weighted by Crippen LogP contribution is -2.40. The predicted octanol–water partition coefficient (Wildman–Crippen LogP) is 5.87. The molecule has 1 saturated heterocycles. The van der Waals surface area contributed by atoms with E-state index in [1.54, 1.807) is 6.07 Å². The van der Waals surface area contributed by atoms with E-state index >= 15 is 0 Å². The average molecular weight is 496 g/mol. The van der Waals surface area contributed by atoms with E-state index in [0.717, 1.165) is 31.2 Å². The van der Waals surface area contributed by atoms with Crippen LogP contribution in [0.15, 0.2) is 83.3 Å².